The number of halogens is 1. The van der Waals surface area contributed by atoms with E-state index in [2.05, 4.69) is 15.5 Å². The van der Waals surface area contributed by atoms with E-state index in [4.69, 9.17) is 10.3 Å². The summed E-state index contributed by atoms with van der Waals surface area (Å²) in [7, 11) is 0. The summed E-state index contributed by atoms with van der Waals surface area (Å²) in [6, 6.07) is 4.61. The lowest BCUT2D eigenvalue weighted by Crippen LogP contribution is -2.48. The highest BCUT2D eigenvalue weighted by Crippen LogP contribution is 2.19. The molecule has 0 spiro atoms. The van der Waals surface area contributed by atoms with Gasteiger partial charge in [0.2, 0.25) is 17.6 Å². The van der Waals surface area contributed by atoms with Crippen LogP contribution in [-0.4, -0.2) is 28.1 Å². The molecule has 0 bridgehead atoms. The molecule has 0 saturated carbocycles. The average molecular weight is 320 g/mol. The van der Waals surface area contributed by atoms with Crippen LogP contribution in [0.1, 0.15) is 31.7 Å². The molecule has 7 heteroatoms. The van der Waals surface area contributed by atoms with Crippen LogP contribution in [0.5, 0.6) is 0 Å². The topological polar surface area (TPSA) is 94.0 Å². The Morgan fingerprint density at radius 2 is 2.17 bits per heavy atom. The fourth-order valence-corrected chi connectivity index (χ4v) is 1.97. The maximum absolute atomic E-state index is 13.3. The van der Waals surface area contributed by atoms with E-state index < -0.39 is 5.54 Å². The van der Waals surface area contributed by atoms with Crippen LogP contribution in [-0.2, 0) is 11.2 Å². The molecule has 0 aliphatic carbocycles. The number of rotatable bonds is 6. The molecule has 1 aromatic heterocycles. The molecule has 0 aliphatic heterocycles. The van der Waals surface area contributed by atoms with Gasteiger partial charge in [0.25, 0.3) is 0 Å². The number of aryl methyl sites for hydroxylation is 2. The summed E-state index contributed by atoms with van der Waals surface area (Å²) in [6.45, 7) is 5.73. The van der Waals surface area contributed by atoms with Crippen LogP contribution < -0.4 is 11.1 Å². The summed E-state index contributed by atoms with van der Waals surface area (Å²) in [5.41, 5.74) is 6.31. The largest absolute Gasteiger partial charge is 0.350 e. The van der Waals surface area contributed by atoms with E-state index >= 15 is 0 Å². The lowest BCUT2D eigenvalue weighted by Gasteiger charge is -2.23. The minimum Gasteiger partial charge on any atom is -0.350 e. The lowest BCUT2D eigenvalue weighted by atomic mass is 10.1. The zero-order valence-electron chi connectivity index (χ0n) is 13.5. The molecule has 0 radical (unpaired) electrons. The van der Waals surface area contributed by atoms with Crippen molar-refractivity contribution in [3.63, 3.8) is 0 Å². The van der Waals surface area contributed by atoms with Gasteiger partial charge in [0.15, 0.2) is 0 Å². The summed E-state index contributed by atoms with van der Waals surface area (Å²) in [5.74, 6) is 0.336. The lowest BCUT2D eigenvalue weighted by molar-refractivity contribution is -0.122. The van der Waals surface area contributed by atoms with Crippen LogP contribution in [0, 0.1) is 12.7 Å². The molecule has 0 aliphatic rings. The van der Waals surface area contributed by atoms with E-state index in [-0.39, 0.29) is 18.1 Å². The van der Waals surface area contributed by atoms with Crippen LogP contribution in [0.4, 0.5) is 4.39 Å². The first-order valence-corrected chi connectivity index (χ1v) is 7.41. The van der Waals surface area contributed by atoms with Crippen molar-refractivity contribution in [3.8, 4) is 11.4 Å². The molecular formula is C16H21FN4O2. The van der Waals surface area contributed by atoms with Crippen LogP contribution in [0.15, 0.2) is 22.7 Å². The Labute approximate surface area is 134 Å². The van der Waals surface area contributed by atoms with Crippen molar-refractivity contribution in [2.75, 3.05) is 6.54 Å². The molecule has 2 aromatic rings. The number of aromatic nitrogens is 2. The van der Waals surface area contributed by atoms with Crippen molar-refractivity contribution in [1.29, 1.82) is 0 Å². The van der Waals surface area contributed by atoms with Crippen molar-refractivity contribution < 1.29 is 13.7 Å². The number of nitrogens with two attached hydrogens (primary N) is 1. The van der Waals surface area contributed by atoms with Gasteiger partial charge in [-0.1, -0.05) is 5.16 Å². The summed E-state index contributed by atoms with van der Waals surface area (Å²) >= 11 is 0. The van der Waals surface area contributed by atoms with E-state index in [0.717, 1.165) is 0 Å². The maximum Gasteiger partial charge on any atom is 0.227 e. The smallest absolute Gasteiger partial charge is 0.227 e. The van der Waals surface area contributed by atoms with Gasteiger partial charge < -0.3 is 15.6 Å². The maximum atomic E-state index is 13.3. The first kappa shape index (κ1) is 17.1. The molecule has 1 aromatic carbocycles. The Bertz CT molecular complexity index is 697. The predicted molar refractivity (Wildman–Crippen MR) is 84.0 cm³/mol. The van der Waals surface area contributed by atoms with Crippen molar-refractivity contribution in [3.05, 3.63) is 35.5 Å². The Morgan fingerprint density at radius 3 is 2.83 bits per heavy atom. The number of benzene rings is 1. The van der Waals surface area contributed by atoms with Gasteiger partial charge in [-0.3, -0.25) is 4.79 Å². The second-order valence-corrected chi connectivity index (χ2v) is 6.11. The summed E-state index contributed by atoms with van der Waals surface area (Å²) in [5, 5.41) is 6.70. The van der Waals surface area contributed by atoms with Crippen LogP contribution in [0.3, 0.4) is 0 Å². The van der Waals surface area contributed by atoms with Crippen LogP contribution in [0.2, 0.25) is 0 Å². The van der Waals surface area contributed by atoms with E-state index in [0.29, 0.717) is 35.8 Å². The van der Waals surface area contributed by atoms with Crippen molar-refractivity contribution in [2.45, 2.75) is 39.2 Å². The number of hydrogen-bond acceptors (Lipinski definition) is 5. The standard InChI is InChI=1S/C16H21FN4O2/c1-10-8-11(4-5-12(10)17)15-19-14(23-21-15)7-6-13(22)20-16(2,3)9-18/h4-5,8H,6-7,9,18H2,1-3H3,(H,20,22). The van der Waals surface area contributed by atoms with Gasteiger partial charge in [0.05, 0.1) is 0 Å². The number of amides is 1. The highest BCUT2D eigenvalue weighted by atomic mass is 19.1. The highest BCUT2D eigenvalue weighted by molar-refractivity contribution is 5.76. The predicted octanol–water partition coefficient (Wildman–Crippen LogP) is 1.97. The summed E-state index contributed by atoms with van der Waals surface area (Å²) in [6.07, 6.45) is 0.563. The Hall–Kier alpha value is -2.28. The van der Waals surface area contributed by atoms with Gasteiger partial charge >= 0.3 is 0 Å². The monoisotopic (exact) mass is 320 g/mol. The third-order valence-corrected chi connectivity index (χ3v) is 3.44. The van der Waals surface area contributed by atoms with Crippen molar-refractivity contribution in [2.24, 2.45) is 5.73 Å². The van der Waals surface area contributed by atoms with Gasteiger partial charge in [0.1, 0.15) is 5.82 Å². The molecule has 124 valence electrons. The van der Waals surface area contributed by atoms with Crippen molar-refractivity contribution >= 4 is 5.91 Å². The summed E-state index contributed by atoms with van der Waals surface area (Å²) in [4.78, 5) is 16.1. The fourth-order valence-electron chi connectivity index (χ4n) is 1.97. The number of carbonyl (C=O) groups is 1. The molecular weight excluding hydrogens is 299 g/mol. The normalized spacial score (nSPS) is 11.5. The van der Waals surface area contributed by atoms with Gasteiger partial charge in [0, 0.05) is 30.5 Å². The number of carbonyl (C=O) groups excluding carboxylic acids is 1. The van der Waals surface area contributed by atoms with Crippen molar-refractivity contribution in [1.82, 2.24) is 15.5 Å². The second kappa shape index (κ2) is 6.87. The van der Waals surface area contributed by atoms with E-state index in [9.17, 15) is 9.18 Å². The number of nitrogens with one attached hydrogen (secondary N) is 1. The fraction of sp³-hybridized carbons (Fsp3) is 0.438. The first-order chi connectivity index (χ1) is 10.8. The Kier molecular flexibility index (Phi) is 5.10. The van der Waals surface area contributed by atoms with Gasteiger partial charge in [-0.2, -0.15) is 4.98 Å². The molecule has 6 nitrogen and oxygen atoms in total. The highest BCUT2D eigenvalue weighted by Gasteiger charge is 2.19. The van der Waals surface area contributed by atoms with E-state index in [1.807, 2.05) is 13.8 Å². The number of nitrogens with zero attached hydrogens (tertiary/aromatic N) is 2. The molecule has 0 fully saturated rings. The quantitative estimate of drug-likeness (QED) is 0.848. The first-order valence-electron chi connectivity index (χ1n) is 7.41. The Balaban J connectivity index is 1.97. The number of hydrogen-bond donors (Lipinski definition) is 2. The van der Waals surface area contributed by atoms with E-state index in [1.54, 1.807) is 19.1 Å². The molecule has 0 saturated heterocycles. The molecule has 2 rings (SSSR count). The third-order valence-electron chi connectivity index (χ3n) is 3.44. The van der Waals surface area contributed by atoms with Gasteiger partial charge in [-0.15, -0.1) is 0 Å². The SMILES string of the molecule is Cc1cc(-c2noc(CCC(=O)NC(C)(C)CN)n2)ccc1F. The molecule has 1 heterocycles. The minimum absolute atomic E-state index is 0.127. The summed E-state index contributed by atoms with van der Waals surface area (Å²) < 4.78 is 18.4. The zero-order valence-corrected chi connectivity index (χ0v) is 13.5. The zero-order chi connectivity index (χ0) is 17.0. The third kappa shape index (κ3) is 4.59. The van der Waals surface area contributed by atoms with Crippen LogP contribution in [0.25, 0.3) is 11.4 Å². The minimum atomic E-state index is -0.442. The molecule has 1 amide bonds. The van der Waals surface area contributed by atoms with E-state index in [1.165, 1.54) is 6.07 Å². The molecule has 3 N–H and O–H groups in total. The Morgan fingerprint density at radius 1 is 1.43 bits per heavy atom. The van der Waals surface area contributed by atoms with Crippen LogP contribution >= 0.6 is 0 Å². The van der Waals surface area contributed by atoms with Gasteiger partial charge in [-0.05, 0) is 44.5 Å². The second-order valence-electron chi connectivity index (χ2n) is 6.11. The molecule has 0 atom stereocenters. The van der Waals surface area contributed by atoms with Gasteiger partial charge in [-0.25, -0.2) is 4.39 Å². The average Bonchev–Trinajstić information content (AvgIpc) is 2.96. The molecule has 0 unspecified atom stereocenters. The molecule has 23 heavy (non-hydrogen) atoms.